The van der Waals surface area contributed by atoms with Gasteiger partial charge in [-0.15, -0.1) is 0 Å². The SMILES string of the molecule is CCCCCC1C=CC2C(C=CC(CCCCCCCC(=O)O)C2CCCCCCCC(=O)O)C1CCCCC.CCCCCc1ccc(CCCCCCCCC(=O)O)c(CCCCCCCCCCC(=O)O)c1CCCCC. The van der Waals surface area contributed by atoms with Crippen molar-refractivity contribution in [2.75, 3.05) is 0 Å². The Balaban J connectivity index is 0.000000547. The van der Waals surface area contributed by atoms with E-state index in [1.54, 1.807) is 22.3 Å². The van der Waals surface area contributed by atoms with Crippen molar-refractivity contribution < 1.29 is 39.6 Å². The Morgan fingerprint density at radius 3 is 0.900 bits per heavy atom. The van der Waals surface area contributed by atoms with Gasteiger partial charge in [-0.05, 0) is 160 Å². The molecule has 0 amide bonds. The van der Waals surface area contributed by atoms with Crippen molar-refractivity contribution in [1.82, 2.24) is 0 Å². The number of carboxylic acids is 4. The first-order valence-corrected chi connectivity index (χ1v) is 34.3. The summed E-state index contributed by atoms with van der Waals surface area (Å²) in [5.41, 5.74) is 6.58. The van der Waals surface area contributed by atoms with E-state index in [0.717, 1.165) is 88.4 Å². The Kier molecular flexibility index (Phi) is 44.6. The van der Waals surface area contributed by atoms with E-state index < -0.39 is 23.9 Å². The minimum atomic E-state index is -0.673. The molecule has 0 saturated carbocycles. The van der Waals surface area contributed by atoms with E-state index in [-0.39, 0.29) is 0 Å². The Morgan fingerprint density at radius 2 is 0.550 bits per heavy atom. The second-order valence-electron chi connectivity index (χ2n) is 25.0. The molecule has 3 rings (SSSR count). The average Bonchev–Trinajstić information content (AvgIpc) is 3.45. The summed E-state index contributed by atoms with van der Waals surface area (Å²) in [6.07, 6.45) is 64.7. The van der Waals surface area contributed by atoms with Crippen LogP contribution in [0.25, 0.3) is 0 Å². The fourth-order valence-corrected chi connectivity index (χ4v) is 13.5. The third-order valence-electron chi connectivity index (χ3n) is 18.2. The molecule has 0 radical (unpaired) electrons. The largest absolute Gasteiger partial charge is 0.481 e. The van der Waals surface area contributed by atoms with Crippen LogP contribution < -0.4 is 0 Å². The van der Waals surface area contributed by atoms with E-state index in [1.807, 2.05) is 0 Å². The molecule has 80 heavy (non-hydrogen) atoms. The van der Waals surface area contributed by atoms with Crippen LogP contribution in [0.2, 0.25) is 0 Å². The Labute approximate surface area is 491 Å². The van der Waals surface area contributed by atoms with Gasteiger partial charge in [-0.25, -0.2) is 0 Å². The maximum absolute atomic E-state index is 10.8. The molecule has 6 atom stereocenters. The van der Waals surface area contributed by atoms with Crippen molar-refractivity contribution in [3.05, 3.63) is 58.7 Å². The lowest BCUT2D eigenvalue weighted by Crippen LogP contribution is -2.39. The minimum absolute atomic E-state index is 0.304. The van der Waals surface area contributed by atoms with Crippen LogP contribution in [-0.2, 0) is 44.9 Å². The lowest BCUT2D eigenvalue weighted by atomic mass is 9.58. The van der Waals surface area contributed by atoms with Crippen LogP contribution in [-0.4, -0.2) is 44.3 Å². The normalized spacial score (nSPS) is 18.4. The summed E-state index contributed by atoms with van der Waals surface area (Å²) < 4.78 is 0. The number of fused-ring (bicyclic) bond motifs is 1. The van der Waals surface area contributed by atoms with E-state index in [4.69, 9.17) is 20.4 Å². The monoisotopic (exact) mass is 1120 g/mol. The Morgan fingerprint density at radius 1 is 0.300 bits per heavy atom. The van der Waals surface area contributed by atoms with Gasteiger partial charge >= 0.3 is 23.9 Å². The van der Waals surface area contributed by atoms with E-state index in [2.05, 4.69) is 64.1 Å². The van der Waals surface area contributed by atoms with Crippen LogP contribution >= 0.6 is 0 Å². The molecule has 0 saturated heterocycles. The highest BCUT2D eigenvalue weighted by Gasteiger charge is 2.41. The van der Waals surface area contributed by atoms with Gasteiger partial charge in [0.25, 0.3) is 0 Å². The van der Waals surface area contributed by atoms with Crippen LogP contribution in [0, 0.1) is 35.5 Å². The van der Waals surface area contributed by atoms with Crippen LogP contribution in [0.15, 0.2) is 36.4 Å². The number of benzene rings is 1. The molecule has 8 heteroatoms. The van der Waals surface area contributed by atoms with Gasteiger partial charge in [0.1, 0.15) is 0 Å². The molecule has 0 heterocycles. The molecule has 1 aromatic rings. The smallest absolute Gasteiger partial charge is 0.303 e. The van der Waals surface area contributed by atoms with Gasteiger partial charge in [0.2, 0.25) is 0 Å². The Hall–Kier alpha value is -3.42. The lowest BCUT2D eigenvalue weighted by Gasteiger charge is -2.46. The first-order chi connectivity index (χ1) is 39.0. The molecular formula is C72H124O8. The third kappa shape index (κ3) is 34.9. The molecule has 0 bridgehead atoms. The second kappa shape index (κ2) is 49.0. The lowest BCUT2D eigenvalue weighted by molar-refractivity contribution is -0.138. The van der Waals surface area contributed by atoms with E-state index in [9.17, 15) is 19.2 Å². The van der Waals surface area contributed by atoms with Crippen LogP contribution in [0.5, 0.6) is 0 Å². The van der Waals surface area contributed by atoms with E-state index in [1.165, 1.54) is 212 Å². The maximum atomic E-state index is 10.8. The third-order valence-corrected chi connectivity index (χ3v) is 18.2. The van der Waals surface area contributed by atoms with Crippen LogP contribution in [0.1, 0.15) is 332 Å². The summed E-state index contributed by atoms with van der Waals surface area (Å²) in [5.74, 6) is 1.60. The van der Waals surface area contributed by atoms with E-state index in [0.29, 0.717) is 43.4 Å². The van der Waals surface area contributed by atoms with Crippen molar-refractivity contribution in [3.8, 4) is 0 Å². The number of hydrogen-bond acceptors (Lipinski definition) is 4. The highest BCUT2D eigenvalue weighted by Crippen LogP contribution is 2.50. The number of aryl methyl sites for hydroxylation is 2. The molecule has 2 aliphatic rings. The number of rotatable bonds is 52. The predicted molar refractivity (Wildman–Crippen MR) is 337 cm³/mol. The standard InChI is InChI=1S/2C36H62O4/c1-3-5-13-19-29-25-27-34-32(22-16-10-8-12-18-24-36(39)40)30(20-15-9-7-11-17-23-35(37)38)26-28-33(34)31(29)21-14-6-4-2;1-3-5-17-23-31-29-30-32(24-19-13-11-12-16-22-28-36(39)40)34(33(31)25-18-6-4-2)26-20-14-9-7-8-10-15-21-27-35(37)38/h25-34H,3-24H2,1-2H3,(H,37,38)(H,39,40);29-30H,3-28H2,1-2H3,(H,37,38)(H,39,40). The van der Waals surface area contributed by atoms with Gasteiger partial charge in [0.15, 0.2) is 0 Å². The molecule has 1 aromatic carbocycles. The van der Waals surface area contributed by atoms with Crippen LogP contribution in [0.3, 0.4) is 0 Å². The summed E-state index contributed by atoms with van der Waals surface area (Å²) in [5, 5.41) is 35.4. The molecule has 6 unspecified atom stereocenters. The average molecular weight is 1120 g/mol. The first-order valence-electron chi connectivity index (χ1n) is 34.3. The predicted octanol–water partition coefficient (Wildman–Crippen LogP) is 21.3. The van der Waals surface area contributed by atoms with Crippen molar-refractivity contribution in [3.63, 3.8) is 0 Å². The fraction of sp³-hybridized carbons (Fsp3) is 0.806. The minimum Gasteiger partial charge on any atom is -0.481 e. The molecule has 0 fully saturated rings. The van der Waals surface area contributed by atoms with Crippen molar-refractivity contribution in [1.29, 1.82) is 0 Å². The number of carboxylic acid groups (broad SMARTS) is 4. The molecular weight excluding hydrogens is 993 g/mol. The zero-order valence-electron chi connectivity index (χ0n) is 52.3. The number of allylic oxidation sites excluding steroid dienone is 4. The van der Waals surface area contributed by atoms with Gasteiger partial charge < -0.3 is 20.4 Å². The van der Waals surface area contributed by atoms with Crippen molar-refractivity contribution in [2.24, 2.45) is 35.5 Å². The van der Waals surface area contributed by atoms with Gasteiger partial charge in [-0.2, -0.15) is 0 Å². The van der Waals surface area contributed by atoms with Gasteiger partial charge in [0.05, 0.1) is 0 Å². The topological polar surface area (TPSA) is 149 Å². The quantitative estimate of drug-likeness (QED) is 0.0372. The van der Waals surface area contributed by atoms with Gasteiger partial charge in [0, 0.05) is 25.7 Å². The Bertz CT molecular complexity index is 1780. The molecule has 0 spiro atoms. The zero-order valence-corrected chi connectivity index (χ0v) is 52.3. The highest BCUT2D eigenvalue weighted by atomic mass is 16.4. The number of hydrogen-bond donors (Lipinski definition) is 4. The number of carbonyl (C=O) groups is 4. The molecule has 2 aliphatic carbocycles. The summed E-state index contributed by atoms with van der Waals surface area (Å²) in [6.45, 7) is 9.21. The number of unbranched alkanes of at least 4 members (excludes halogenated alkanes) is 28. The van der Waals surface area contributed by atoms with E-state index >= 15 is 0 Å². The summed E-state index contributed by atoms with van der Waals surface area (Å²) >= 11 is 0. The first kappa shape index (κ1) is 72.7. The van der Waals surface area contributed by atoms with Crippen molar-refractivity contribution >= 4 is 23.9 Å². The maximum Gasteiger partial charge on any atom is 0.303 e. The molecule has 0 aromatic heterocycles. The summed E-state index contributed by atoms with van der Waals surface area (Å²) in [7, 11) is 0. The number of aliphatic carboxylic acids is 4. The van der Waals surface area contributed by atoms with Crippen molar-refractivity contribution in [2.45, 2.75) is 336 Å². The molecule has 0 aliphatic heterocycles. The van der Waals surface area contributed by atoms with Gasteiger partial charge in [-0.3, -0.25) is 19.2 Å². The zero-order chi connectivity index (χ0) is 58.3. The highest BCUT2D eigenvalue weighted by molar-refractivity contribution is 5.67. The summed E-state index contributed by atoms with van der Waals surface area (Å²) in [4.78, 5) is 43.0. The second-order valence-corrected chi connectivity index (χ2v) is 25.0. The van der Waals surface area contributed by atoms with Crippen LogP contribution in [0.4, 0.5) is 0 Å². The molecule has 460 valence electrons. The fourth-order valence-electron chi connectivity index (χ4n) is 13.5. The molecule has 8 nitrogen and oxygen atoms in total. The van der Waals surface area contributed by atoms with Gasteiger partial charge in [-0.1, -0.05) is 244 Å². The molecule has 4 N–H and O–H groups in total. The summed E-state index contributed by atoms with van der Waals surface area (Å²) in [6, 6.07) is 4.93.